The third-order valence-corrected chi connectivity index (χ3v) is 7.47. The van der Waals surface area contributed by atoms with Crippen LogP contribution in [0.25, 0.3) is 11.1 Å². The molecule has 202 valence electrons. The Morgan fingerprint density at radius 1 is 0.923 bits per heavy atom. The molecule has 8 nitrogen and oxygen atoms in total. The van der Waals surface area contributed by atoms with E-state index >= 15 is 0 Å². The first-order valence-corrected chi connectivity index (χ1v) is 13.2. The molecule has 2 amide bonds. The Bertz CT molecular complexity index is 1310. The first kappa shape index (κ1) is 26.4. The van der Waals surface area contributed by atoms with Gasteiger partial charge in [-0.1, -0.05) is 78.9 Å². The summed E-state index contributed by atoms with van der Waals surface area (Å²) in [4.78, 5) is 37.4. The summed E-state index contributed by atoms with van der Waals surface area (Å²) >= 11 is 0. The lowest BCUT2D eigenvalue weighted by molar-refractivity contribution is -0.146. The number of hydrogen-bond acceptors (Lipinski definition) is 5. The van der Waals surface area contributed by atoms with Crippen LogP contribution in [0.15, 0.2) is 78.9 Å². The van der Waals surface area contributed by atoms with E-state index in [1.54, 1.807) is 6.92 Å². The second-order valence-corrected chi connectivity index (χ2v) is 10.3. The Kier molecular flexibility index (Phi) is 7.65. The van der Waals surface area contributed by atoms with Crippen molar-refractivity contribution in [1.82, 2.24) is 10.6 Å². The molecule has 0 saturated heterocycles. The Hall–Kier alpha value is -4.17. The van der Waals surface area contributed by atoms with Crippen LogP contribution < -0.4 is 10.6 Å². The standard InChI is InChI=1S/C31H32N2O6/c1-20(38-18-21-9-3-2-4-10-21)28(29(35)36)32-27(34)17-31(15-16-31)33-30(37)39-19-26-24-13-7-5-11-22(24)23-12-6-8-14-25(23)26/h2-14,20,26,28H,15-19H2,1H3,(H,32,34)(H,33,37)(H,35,36)/t20-,28+/m0/s1. The summed E-state index contributed by atoms with van der Waals surface area (Å²) < 4.78 is 11.3. The smallest absolute Gasteiger partial charge is 0.407 e. The molecule has 1 fully saturated rings. The van der Waals surface area contributed by atoms with Crippen molar-refractivity contribution in [2.75, 3.05) is 6.61 Å². The maximum atomic E-state index is 12.8. The molecular formula is C31H32N2O6. The van der Waals surface area contributed by atoms with Crippen molar-refractivity contribution in [3.8, 4) is 11.1 Å². The lowest BCUT2D eigenvalue weighted by Crippen LogP contribution is -2.50. The number of carboxylic acids is 1. The number of fused-ring (bicyclic) bond motifs is 3. The van der Waals surface area contributed by atoms with Crippen LogP contribution in [0, 0.1) is 0 Å². The van der Waals surface area contributed by atoms with Gasteiger partial charge in [-0.05, 0) is 47.6 Å². The molecule has 0 aromatic heterocycles. The predicted molar refractivity (Wildman–Crippen MR) is 145 cm³/mol. The van der Waals surface area contributed by atoms with Gasteiger partial charge in [0.2, 0.25) is 5.91 Å². The second kappa shape index (κ2) is 11.3. The molecule has 0 radical (unpaired) electrons. The van der Waals surface area contributed by atoms with Crippen molar-refractivity contribution >= 4 is 18.0 Å². The van der Waals surface area contributed by atoms with Gasteiger partial charge in [-0.2, -0.15) is 0 Å². The summed E-state index contributed by atoms with van der Waals surface area (Å²) in [5.41, 5.74) is 4.71. The zero-order valence-corrected chi connectivity index (χ0v) is 21.8. The summed E-state index contributed by atoms with van der Waals surface area (Å²) in [6.07, 6.45) is -0.148. The molecule has 2 aliphatic carbocycles. The predicted octanol–water partition coefficient (Wildman–Crippen LogP) is 4.62. The van der Waals surface area contributed by atoms with E-state index in [4.69, 9.17) is 9.47 Å². The van der Waals surface area contributed by atoms with Crippen LogP contribution in [0.1, 0.15) is 48.8 Å². The lowest BCUT2D eigenvalue weighted by atomic mass is 9.98. The van der Waals surface area contributed by atoms with Crippen molar-refractivity contribution in [3.63, 3.8) is 0 Å². The molecule has 39 heavy (non-hydrogen) atoms. The van der Waals surface area contributed by atoms with Gasteiger partial charge in [0.25, 0.3) is 0 Å². The summed E-state index contributed by atoms with van der Waals surface area (Å²) in [6, 6.07) is 24.4. The van der Waals surface area contributed by atoms with E-state index in [2.05, 4.69) is 34.9 Å². The van der Waals surface area contributed by atoms with Gasteiger partial charge in [-0.25, -0.2) is 9.59 Å². The van der Waals surface area contributed by atoms with E-state index in [0.29, 0.717) is 12.8 Å². The largest absolute Gasteiger partial charge is 0.480 e. The molecule has 0 unspecified atom stereocenters. The Balaban J connectivity index is 1.13. The minimum Gasteiger partial charge on any atom is -0.480 e. The number of nitrogens with one attached hydrogen (secondary N) is 2. The Morgan fingerprint density at radius 3 is 2.10 bits per heavy atom. The number of carbonyl (C=O) groups is 3. The molecule has 2 atom stereocenters. The summed E-state index contributed by atoms with van der Waals surface area (Å²) in [5.74, 6) is -1.71. The summed E-state index contributed by atoms with van der Waals surface area (Å²) in [7, 11) is 0. The number of carboxylic acid groups (broad SMARTS) is 1. The molecule has 0 aliphatic heterocycles. The quantitative estimate of drug-likeness (QED) is 0.335. The van der Waals surface area contributed by atoms with Gasteiger partial charge in [0.15, 0.2) is 6.04 Å². The lowest BCUT2D eigenvalue weighted by Gasteiger charge is -2.24. The van der Waals surface area contributed by atoms with Gasteiger partial charge in [0.05, 0.1) is 18.2 Å². The zero-order chi connectivity index (χ0) is 27.4. The first-order chi connectivity index (χ1) is 18.8. The van der Waals surface area contributed by atoms with E-state index in [1.165, 1.54) is 0 Å². The minimum atomic E-state index is -1.22. The van der Waals surface area contributed by atoms with Gasteiger partial charge < -0.3 is 25.2 Å². The van der Waals surface area contributed by atoms with Crippen molar-refractivity contribution < 1.29 is 29.0 Å². The van der Waals surface area contributed by atoms with E-state index in [0.717, 1.165) is 27.8 Å². The number of carbonyl (C=O) groups excluding carboxylic acids is 2. The SMILES string of the molecule is C[C@H](OCc1ccccc1)[C@@H](NC(=O)CC1(NC(=O)OCC2c3ccccc3-c3ccccc32)CC1)C(=O)O. The maximum absolute atomic E-state index is 12.8. The topological polar surface area (TPSA) is 114 Å². The van der Waals surface area contributed by atoms with Crippen LogP contribution in [0.4, 0.5) is 4.79 Å². The van der Waals surface area contributed by atoms with E-state index in [1.807, 2.05) is 54.6 Å². The molecule has 1 saturated carbocycles. The van der Waals surface area contributed by atoms with Crippen LogP contribution in [0.5, 0.6) is 0 Å². The molecule has 0 spiro atoms. The zero-order valence-electron chi connectivity index (χ0n) is 21.8. The molecule has 0 bridgehead atoms. The van der Waals surface area contributed by atoms with Crippen LogP contribution in [0.3, 0.4) is 0 Å². The van der Waals surface area contributed by atoms with Crippen molar-refractivity contribution in [3.05, 3.63) is 95.6 Å². The molecule has 2 aliphatic rings. The number of aliphatic carboxylic acids is 1. The highest BCUT2D eigenvalue weighted by atomic mass is 16.5. The fourth-order valence-corrected chi connectivity index (χ4v) is 5.16. The molecule has 3 aromatic rings. The average molecular weight is 529 g/mol. The monoisotopic (exact) mass is 528 g/mol. The average Bonchev–Trinajstić information content (AvgIpc) is 3.61. The molecule has 3 N–H and O–H groups in total. The van der Waals surface area contributed by atoms with E-state index in [9.17, 15) is 19.5 Å². The summed E-state index contributed by atoms with van der Waals surface area (Å²) in [5, 5.41) is 15.1. The number of alkyl carbamates (subject to hydrolysis) is 1. The van der Waals surface area contributed by atoms with Crippen LogP contribution >= 0.6 is 0 Å². The molecule has 5 rings (SSSR count). The second-order valence-electron chi connectivity index (χ2n) is 10.3. The van der Waals surface area contributed by atoms with E-state index < -0.39 is 35.7 Å². The molecule has 0 heterocycles. The maximum Gasteiger partial charge on any atom is 0.407 e. The van der Waals surface area contributed by atoms with Gasteiger partial charge in [0.1, 0.15) is 6.61 Å². The van der Waals surface area contributed by atoms with Gasteiger partial charge in [0, 0.05) is 12.3 Å². The van der Waals surface area contributed by atoms with Crippen molar-refractivity contribution in [2.24, 2.45) is 0 Å². The highest BCUT2D eigenvalue weighted by Gasteiger charge is 2.47. The Morgan fingerprint density at radius 2 is 1.51 bits per heavy atom. The van der Waals surface area contributed by atoms with E-state index in [-0.39, 0.29) is 25.6 Å². The van der Waals surface area contributed by atoms with Crippen LogP contribution in [-0.4, -0.2) is 47.4 Å². The van der Waals surface area contributed by atoms with Gasteiger partial charge in [-0.15, -0.1) is 0 Å². The normalized spacial score (nSPS) is 16.3. The Labute approximate surface area is 227 Å². The van der Waals surface area contributed by atoms with Crippen LogP contribution in [-0.2, 0) is 25.7 Å². The van der Waals surface area contributed by atoms with Gasteiger partial charge in [-0.3, -0.25) is 4.79 Å². The third kappa shape index (κ3) is 6.12. The highest BCUT2D eigenvalue weighted by Crippen LogP contribution is 2.44. The number of ether oxygens (including phenoxy) is 2. The number of rotatable bonds is 11. The highest BCUT2D eigenvalue weighted by molar-refractivity contribution is 5.85. The summed E-state index contributed by atoms with van der Waals surface area (Å²) in [6.45, 7) is 2.03. The van der Waals surface area contributed by atoms with Crippen LogP contribution in [0.2, 0.25) is 0 Å². The minimum absolute atomic E-state index is 0.0353. The third-order valence-electron chi connectivity index (χ3n) is 7.47. The van der Waals surface area contributed by atoms with Gasteiger partial charge >= 0.3 is 12.1 Å². The van der Waals surface area contributed by atoms with Crippen molar-refractivity contribution in [2.45, 2.75) is 56.4 Å². The number of benzene rings is 3. The first-order valence-electron chi connectivity index (χ1n) is 13.2. The molecular weight excluding hydrogens is 496 g/mol. The molecule has 8 heteroatoms. The molecule has 3 aromatic carbocycles. The fourth-order valence-electron chi connectivity index (χ4n) is 5.16. The number of hydrogen-bond donors (Lipinski definition) is 3. The van der Waals surface area contributed by atoms with Crippen molar-refractivity contribution in [1.29, 1.82) is 0 Å². The fraction of sp³-hybridized carbons (Fsp3) is 0.323. The number of amides is 2.